The van der Waals surface area contributed by atoms with E-state index >= 15 is 0 Å². The Balaban J connectivity index is 1.48. The molecule has 1 aromatic heterocycles. The van der Waals surface area contributed by atoms with Gasteiger partial charge >= 0.3 is 0 Å². The minimum atomic E-state index is -3.89. The molecule has 1 saturated heterocycles. The number of halogens is 1. The zero-order chi connectivity index (χ0) is 22.7. The molecule has 3 aromatic rings. The lowest BCUT2D eigenvalue weighted by Gasteiger charge is -2.34. The first-order valence-electron chi connectivity index (χ1n) is 10.00. The average Bonchev–Trinajstić information content (AvgIpc) is 2.84. The van der Waals surface area contributed by atoms with E-state index in [9.17, 15) is 12.8 Å². The van der Waals surface area contributed by atoms with Gasteiger partial charge in [-0.3, -0.25) is 0 Å². The summed E-state index contributed by atoms with van der Waals surface area (Å²) in [5.41, 5.74) is 1.53. The molecule has 10 heteroatoms. The van der Waals surface area contributed by atoms with Crippen LogP contribution in [0.25, 0.3) is 11.3 Å². The molecule has 32 heavy (non-hydrogen) atoms. The number of methoxy groups -OCH3 is 2. The van der Waals surface area contributed by atoms with Crippen molar-refractivity contribution in [2.45, 2.75) is 4.90 Å². The molecule has 0 radical (unpaired) electrons. The van der Waals surface area contributed by atoms with Gasteiger partial charge in [0.05, 0.1) is 19.9 Å². The quantitative estimate of drug-likeness (QED) is 0.562. The number of sulfonamides is 1. The number of aromatic nitrogens is 2. The van der Waals surface area contributed by atoms with Gasteiger partial charge in [-0.2, -0.15) is 4.31 Å². The van der Waals surface area contributed by atoms with Crippen LogP contribution in [0.5, 0.6) is 11.5 Å². The molecule has 1 fully saturated rings. The number of nitrogens with zero attached hydrogens (tertiary/aromatic N) is 4. The van der Waals surface area contributed by atoms with Crippen LogP contribution in [0.4, 0.5) is 10.2 Å². The monoisotopic (exact) mass is 458 g/mol. The molecule has 4 rings (SSSR count). The van der Waals surface area contributed by atoms with Crippen LogP contribution < -0.4 is 14.4 Å². The molecule has 0 spiro atoms. The summed E-state index contributed by atoms with van der Waals surface area (Å²) in [6.07, 6.45) is 0. The van der Waals surface area contributed by atoms with Crippen molar-refractivity contribution < 1.29 is 22.3 Å². The van der Waals surface area contributed by atoms with Crippen LogP contribution in [0, 0.1) is 5.82 Å². The summed E-state index contributed by atoms with van der Waals surface area (Å²) in [6.45, 7) is 1.33. The molecule has 0 N–H and O–H groups in total. The molecular weight excluding hydrogens is 435 g/mol. The highest BCUT2D eigenvalue weighted by atomic mass is 32.2. The number of ether oxygens (including phenoxy) is 2. The lowest BCUT2D eigenvalue weighted by molar-refractivity contribution is 0.372. The average molecular weight is 459 g/mol. The summed E-state index contributed by atoms with van der Waals surface area (Å²) in [5, 5.41) is 8.64. The Morgan fingerprint density at radius 2 is 1.59 bits per heavy atom. The van der Waals surface area contributed by atoms with Crippen molar-refractivity contribution in [2.75, 3.05) is 45.3 Å². The normalized spacial score (nSPS) is 14.9. The second kappa shape index (κ2) is 9.09. The maximum absolute atomic E-state index is 13.7. The third-order valence-electron chi connectivity index (χ3n) is 5.34. The number of piperazine rings is 1. The van der Waals surface area contributed by atoms with Gasteiger partial charge in [-0.05, 0) is 42.5 Å². The number of benzene rings is 2. The standard InChI is InChI=1S/C22H23FN4O4S/c1-30-19-6-4-3-5-17(19)18-8-10-22(25-24-18)26-11-13-27(14-12-26)32(28,29)21-15-16(23)7-9-20(21)31-2/h3-10,15H,11-14H2,1-2H3. The second-order valence-corrected chi connectivity index (χ2v) is 9.07. The topological polar surface area (TPSA) is 84.9 Å². The van der Waals surface area contributed by atoms with Gasteiger partial charge in [0.25, 0.3) is 0 Å². The van der Waals surface area contributed by atoms with Crippen LogP contribution in [0.3, 0.4) is 0 Å². The van der Waals surface area contributed by atoms with Gasteiger partial charge < -0.3 is 14.4 Å². The zero-order valence-electron chi connectivity index (χ0n) is 17.7. The summed E-state index contributed by atoms with van der Waals surface area (Å²) < 4.78 is 51.6. The van der Waals surface area contributed by atoms with Crippen LogP contribution in [-0.2, 0) is 10.0 Å². The molecule has 0 aliphatic carbocycles. The predicted molar refractivity (Wildman–Crippen MR) is 118 cm³/mol. The summed E-state index contributed by atoms with van der Waals surface area (Å²) in [7, 11) is -0.928. The number of anilines is 1. The van der Waals surface area contributed by atoms with Crippen LogP contribution >= 0.6 is 0 Å². The first-order valence-corrected chi connectivity index (χ1v) is 11.4. The Kier molecular flexibility index (Phi) is 6.24. The Morgan fingerprint density at radius 1 is 0.875 bits per heavy atom. The van der Waals surface area contributed by atoms with Gasteiger partial charge in [-0.25, -0.2) is 12.8 Å². The molecular formula is C22H23FN4O4S. The van der Waals surface area contributed by atoms with Crippen molar-refractivity contribution in [3.63, 3.8) is 0 Å². The fourth-order valence-electron chi connectivity index (χ4n) is 3.64. The van der Waals surface area contributed by atoms with E-state index in [1.807, 2.05) is 41.3 Å². The zero-order valence-corrected chi connectivity index (χ0v) is 18.5. The molecule has 1 aliphatic rings. The Morgan fingerprint density at radius 3 is 2.25 bits per heavy atom. The lowest BCUT2D eigenvalue weighted by atomic mass is 10.1. The van der Waals surface area contributed by atoms with Crippen molar-refractivity contribution in [3.05, 3.63) is 60.4 Å². The van der Waals surface area contributed by atoms with E-state index in [1.54, 1.807) is 7.11 Å². The van der Waals surface area contributed by atoms with Crippen molar-refractivity contribution in [1.82, 2.24) is 14.5 Å². The second-order valence-electron chi connectivity index (χ2n) is 7.16. The van der Waals surface area contributed by atoms with E-state index in [2.05, 4.69) is 10.2 Å². The smallest absolute Gasteiger partial charge is 0.246 e. The lowest BCUT2D eigenvalue weighted by Crippen LogP contribution is -2.49. The highest BCUT2D eigenvalue weighted by molar-refractivity contribution is 7.89. The van der Waals surface area contributed by atoms with Gasteiger partial charge in [0, 0.05) is 31.7 Å². The molecule has 8 nitrogen and oxygen atoms in total. The molecule has 0 bridgehead atoms. The van der Waals surface area contributed by atoms with E-state index < -0.39 is 15.8 Å². The molecule has 0 amide bonds. The molecule has 2 heterocycles. The highest BCUT2D eigenvalue weighted by Crippen LogP contribution is 2.30. The maximum atomic E-state index is 13.7. The fourth-order valence-corrected chi connectivity index (χ4v) is 5.23. The first-order chi connectivity index (χ1) is 15.4. The van der Waals surface area contributed by atoms with E-state index in [1.165, 1.54) is 23.5 Å². The third-order valence-corrected chi connectivity index (χ3v) is 7.26. The van der Waals surface area contributed by atoms with Crippen LogP contribution in [0.2, 0.25) is 0 Å². The van der Waals surface area contributed by atoms with Gasteiger partial charge in [0.2, 0.25) is 10.0 Å². The van der Waals surface area contributed by atoms with E-state index in [0.717, 1.165) is 11.6 Å². The molecule has 0 unspecified atom stereocenters. The molecule has 168 valence electrons. The van der Waals surface area contributed by atoms with Crippen molar-refractivity contribution in [2.24, 2.45) is 0 Å². The Labute approximate surface area is 186 Å². The number of hydrogen-bond donors (Lipinski definition) is 0. The van der Waals surface area contributed by atoms with Crippen LogP contribution in [0.1, 0.15) is 0 Å². The number of hydrogen-bond acceptors (Lipinski definition) is 7. The Bertz CT molecular complexity index is 1200. The van der Waals surface area contributed by atoms with E-state index in [4.69, 9.17) is 9.47 Å². The highest BCUT2D eigenvalue weighted by Gasteiger charge is 2.31. The SMILES string of the molecule is COc1ccccc1-c1ccc(N2CCN(S(=O)(=O)c3cc(F)ccc3OC)CC2)nn1. The minimum absolute atomic E-state index is 0.117. The number of rotatable bonds is 6. The predicted octanol–water partition coefficient (Wildman–Crippen LogP) is 2.81. The summed E-state index contributed by atoms with van der Waals surface area (Å²) in [4.78, 5) is 1.79. The van der Waals surface area contributed by atoms with Crippen molar-refractivity contribution >= 4 is 15.8 Å². The van der Waals surface area contributed by atoms with Crippen LogP contribution in [-0.4, -0.2) is 63.3 Å². The Hall–Kier alpha value is -3.24. The summed E-state index contributed by atoms with van der Waals surface area (Å²) >= 11 is 0. The molecule has 0 saturated carbocycles. The van der Waals surface area contributed by atoms with Crippen molar-refractivity contribution in [3.8, 4) is 22.8 Å². The summed E-state index contributed by atoms with van der Waals surface area (Å²) in [6, 6.07) is 14.8. The third kappa shape index (κ3) is 4.23. The van der Waals surface area contributed by atoms with Gasteiger partial charge in [-0.1, -0.05) is 12.1 Å². The van der Waals surface area contributed by atoms with Crippen LogP contribution in [0.15, 0.2) is 59.5 Å². The number of para-hydroxylation sites is 1. The fraction of sp³-hybridized carbons (Fsp3) is 0.273. The van der Waals surface area contributed by atoms with E-state index in [-0.39, 0.29) is 23.7 Å². The van der Waals surface area contributed by atoms with Gasteiger partial charge in [-0.15, -0.1) is 10.2 Å². The molecule has 2 aromatic carbocycles. The van der Waals surface area contributed by atoms with Crippen molar-refractivity contribution in [1.29, 1.82) is 0 Å². The summed E-state index contributed by atoms with van der Waals surface area (Å²) in [5.74, 6) is 0.852. The molecule has 1 aliphatic heterocycles. The maximum Gasteiger partial charge on any atom is 0.246 e. The molecule has 0 atom stereocenters. The van der Waals surface area contributed by atoms with Gasteiger partial charge in [0.1, 0.15) is 22.2 Å². The first kappa shape index (κ1) is 22.0. The van der Waals surface area contributed by atoms with E-state index in [0.29, 0.717) is 30.4 Å². The van der Waals surface area contributed by atoms with Gasteiger partial charge in [0.15, 0.2) is 5.82 Å². The minimum Gasteiger partial charge on any atom is -0.496 e. The largest absolute Gasteiger partial charge is 0.496 e.